The lowest BCUT2D eigenvalue weighted by molar-refractivity contribution is -0.107. The van der Waals surface area contributed by atoms with Crippen LogP contribution in [0.3, 0.4) is 0 Å². The highest BCUT2D eigenvalue weighted by atomic mass is 31.2. The second kappa shape index (κ2) is 4.47. The second-order valence-corrected chi connectivity index (χ2v) is 3.90. The van der Waals surface area contributed by atoms with Gasteiger partial charge in [-0.25, -0.2) is 4.57 Å². The van der Waals surface area contributed by atoms with Crippen LogP contribution in [0.15, 0.2) is 0 Å². The number of rotatable bonds is 5. The van der Waals surface area contributed by atoms with E-state index < -0.39 is 32.7 Å². The Bertz CT molecular complexity index is 224. The smallest absolute Gasteiger partial charge is 0.393 e. The van der Waals surface area contributed by atoms with Crippen molar-refractivity contribution < 1.29 is 35.6 Å². The van der Waals surface area contributed by atoms with Crippen LogP contribution in [-0.2, 0) is 9.09 Å². The molecule has 0 saturated heterocycles. The first-order valence-corrected chi connectivity index (χ1v) is 4.81. The molecule has 0 aromatic heterocycles. The molecule has 0 bridgehead atoms. The zero-order valence-electron chi connectivity index (χ0n) is 7.86. The van der Waals surface area contributed by atoms with Crippen molar-refractivity contribution in [1.29, 1.82) is 0 Å². The molecule has 8 heteroatoms. The van der Waals surface area contributed by atoms with Gasteiger partial charge in [0.05, 0.1) is 14.6 Å². The molecule has 0 saturated carbocycles. The summed E-state index contributed by atoms with van der Waals surface area (Å²) in [6.45, 7) is -1.94. The average molecular weight is 218 g/mol. The minimum absolute atomic E-state index is 0.882. The summed E-state index contributed by atoms with van der Waals surface area (Å²) in [4.78, 5) is 16.5. The van der Waals surface area contributed by atoms with Crippen LogP contribution >= 0.6 is 7.82 Å². The first-order valence-electron chi connectivity index (χ1n) is 3.86. The number of aliphatic hydroxyl groups is 3. The highest BCUT2D eigenvalue weighted by Crippen LogP contribution is 2.36. The van der Waals surface area contributed by atoms with Gasteiger partial charge in [-0.1, -0.05) is 0 Å². The summed E-state index contributed by atoms with van der Waals surface area (Å²) < 4.78 is 20.8. The molecule has 0 aliphatic rings. The predicted molar refractivity (Wildman–Crippen MR) is 41.7 cm³/mol. The van der Waals surface area contributed by atoms with Crippen LogP contribution in [0.2, 0.25) is 0 Å². The van der Waals surface area contributed by atoms with Crippen LogP contribution in [0.4, 0.5) is 0 Å². The van der Waals surface area contributed by atoms with Crippen LogP contribution in [0.1, 0.15) is 8.29 Å². The Morgan fingerprint density at radius 2 is 2.15 bits per heavy atom. The van der Waals surface area contributed by atoms with Gasteiger partial charge in [0.25, 0.3) is 0 Å². The van der Waals surface area contributed by atoms with Gasteiger partial charge < -0.3 is 25.1 Å². The lowest BCUT2D eigenvalue weighted by Crippen LogP contribution is -2.45. The quantitative estimate of drug-likeness (QED) is 0.344. The molecule has 5 N–H and O–H groups in total. The molecule has 0 aromatic carbocycles. The minimum atomic E-state index is -4.73. The molecule has 0 aliphatic heterocycles. The molecule has 0 heterocycles. The van der Waals surface area contributed by atoms with Crippen molar-refractivity contribution in [3.8, 4) is 0 Å². The van der Waals surface area contributed by atoms with Gasteiger partial charge in [-0.2, -0.15) is 0 Å². The number of hydrogen-bond acceptors (Lipinski definition) is 5. The van der Waals surface area contributed by atoms with Gasteiger partial charge in [-0.15, -0.1) is 0 Å². The maximum Gasteiger partial charge on any atom is 0.469 e. The molecule has 7 nitrogen and oxygen atoms in total. The molecule has 0 radical (unpaired) electrons. The first-order chi connectivity index (χ1) is 6.07. The summed E-state index contributed by atoms with van der Waals surface area (Å²) in [7, 11) is -4.73. The second-order valence-electron chi connectivity index (χ2n) is 2.66. The molecule has 13 heavy (non-hydrogen) atoms. The molecular formula is C5H13O7P. The van der Waals surface area contributed by atoms with Gasteiger partial charge in [0.2, 0.25) is 0 Å². The number of aliphatic hydroxyl groups excluding tert-OH is 2. The Balaban J connectivity index is 4.22. The largest absolute Gasteiger partial charge is 0.469 e. The van der Waals surface area contributed by atoms with Gasteiger partial charge in [-0.05, 0) is 6.92 Å². The van der Waals surface area contributed by atoms with Crippen LogP contribution < -0.4 is 0 Å². The van der Waals surface area contributed by atoms with Crippen molar-refractivity contribution in [3.05, 3.63) is 0 Å². The van der Waals surface area contributed by atoms with E-state index in [9.17, 15) is 9.67 Å². The maximum absolute atomic E-state index is 10.2. The van der Waals surface area contributed by atoms with E-state index >= 15 is 0 Å². The van der Waals surface area contributed by atoms with Crippen molar-refractivity contribution in [2.75, 3.05) is 13.2 Å². The standard InChI is InChI=1S/C5H13O7P/c1-5(8,3-6)4(7)2-12-13(9,10)11/h4,6-8H,2-3H2,1H3,(H2,9,10,11)/t4-,5+/m1/s1/i3T/t3-,4+,5-/m0. The highest BCUT2D eigenvalue weighted by Gasteiger charge is 2.31. The molecule has 0 aromatic rings. The summed E-state index contributed by atoms with van der Waals surface area (Å²) in [5.74, 6) is 0. The molecule has 0 fully saturated rings. The van der Waals surface area contributed by atoms with Crippen molar-refractivity contribution in [3.63, 3.8) is 0 Å². The van der Waals surface area contributed by atoms with Crippen LogP contribution in [-0.4, -0.2) is 50.0 Å². The summed E-state index contributed by atoms with van der Waals surface area (Å²) in [6.07, 6.45) is -1.78. The van der Waals surface area contributed by atoms with Crippen molar-refractivity contribution in [2.24, 2.45) is 0 Å². The molecule has 80 valence electrons. The molecule has 0 spiro atoms. The van der Waals surface area contributed by atoms with E-state index in [0.29, 0.717) is 0 Å². The number of hydrogen-bond donors (Lipinski definition) is 5. The summed E-state index contributed by atoms with van der Waals surface area (Å²) in [5, 5.41) is 27.0. The van der Waals surface area contributed by atoms with Gasteiger partial charge in [0.1, 0.15) is 11.7 Å². The zero-order valence-corrected chi connectivity index (χ0v) is 7.76. The Morgan fingerprint density at radius 3 is 2.46 bits per heavy atom. The summed E-state index contributed by atoms with van der Waals surface area (Å²) in [5.41, 5.74) is -2.21. The fourth-order valence-corrected chi connectivity index (χ4v) is 0.758. The van der Waals surface area contributed by atoms with Gasteiger partial charge in [0.15, 0.2) is 0 Å². The van der Waals surface area contributed by atoms with Crippen molar-refractivity contribution >= 4 is 7.82 Å². The Kier molecular flexibility index (Phi) is 3.81. The third-order valence-electron chi connectivity index (χ3n) is 1.34. The maximum atomic E-state index is 10.2. The van der Waals surface area contributed by atoms with E-state index in [2.05, 4.69) is 4.52 Å². The van der Waals surface area contributed by atoms with Gasteiger partial charge in [-0.3, -0.25) is 4.52 Å². The van der Waals surface area contributed by atoms with E-state index in [-0.39, 0.29) is 0 Å². The molecule has 3 atom stereocenters. The number of phosphoric acid groups is 1. The Morgan fingerprint density at radius 1 is 1.69 bits per heavy atom. The molecular weight excluding hydrogens is 203 g/mol. The van der Waals surface area contributed by atoms with E-state index in [1.807, 2.05) is 0 Å². The van der Waals surface area contributed by atoms with E-state index in [1.165, 1.54) is 0 Å². The topological polar surface area (TPSA) is 127 Å². The fourth-order valence-electron chi connectivity index (χ4n) is 0.422. The minimum Gasteiger partial charge on any atom is -0.393 e. The lowest BCUT2D eigenvalue weighted by Gasteiger charge is -2.26. The van der Waals surface area contributed by atoms with Gasteiger partial charge in [0, 0.05) is 0 Å². The molecule has 0 rings (SSSR count). The fraction of sp³-hybridized carbons (Fsp3) is 1.00. The van der Waals surface area contributed by atoms with E-state index in [0.717, 1.165) is 6.92 Å². The van der Waals surface area contributed by atoms with Crippen LogP contribution in [0.5, 0.6) is 0 Å². The first kappa shape index (κ1) is 11.1. The predicted octanol–water partition coefficient (Wildman–Crippen LogP) is -1.80. The number of phosphoric ester groups is 1. The average Bonchev–Trinajstić information content (AvgIpc) is 1.98. The van der Waals surface area contributed by atoms with Crippen molar-refractivity contribution in [1.82, 2.24) is 0 Å². The SMILES string of the molecule is [3H][C@H](O)[C@](C)(O)[C@H](O)COP(=O)(O)O. The molecule has 0 amide bonds. The van der Waals surface area contributed by atoms with E-state index in [4.69, 9.17) is 21.4 Å². The monoisotopic (exact) mass is 218 g/mol. The summed E-state index contributed by atoms with van der Waals surface area (Å²) >= 11 is 0. The third-order valence-corrected chi connectivity index (χ3v) is 1.82. The normalized spacial score (nSPS) is 23.1. The van der Waals surface area contributed by atoms with Crippen LogP contribution in [0, 0.1) is 0 Å². The van der Waals surface area contributed by atoms with Crippen LogP contribution in [0.25, 0.3) is 0 Å². The highest BCUT2D eigenvalue weighted by molar-refractivity contribution is 7.46. The lowest BCUT2D eigenvalue weighted by atomic mass is 10.0. The summed E-state index contributed by atoms with van der Waals surface area (Å²) in [6, 6.07) is 0. The molecule has 0 unspecified atom stereocenters. The molecule has 0 aliphatic carbocycles. The van der Waals surface area contributed by atoms with E-state index in [1.54, 1.807) is 0 Å². The van der Waals surface area contributed by atoms with Gasteiger partial charge >= 0.3 is 7.82 Å². The Hall–Kier alpha value is -0.0100. The van der Waals surface area contributed by atoms with Crippen molar-refractivity contribution in [2.45, 2.75) is 18.6 Å². The Labute approximate surface area is 76.2 Å². The third kappa shape index (κ3) is 5.33. The zero-order chi connectivity index (χ0) is 11.6.